The molecule has 5 heteroatoms. The minimum absolute atomic E-state index is 0.0409. The fourth-order valence-corrected chi connectivity index (χ4v) is 1.43. The lowest BCUT2D eigenvalue weighted by atomic mass is 10.4. The molecule has 1 heterocycles. The summed E-state index contributed by atoms with van der Waals surface area (Å²) in [5, 5.41) is 6.22. The zero-order chi connectivity index (χ0) is 11.8. The Hall–Kier alpha value is -1.36. The largest absolute Gasteiger partial charge is 0.364 e. The Morgan fingerprint density at radius 1 is 1.38 bits per heavy atom. The monoisotopic (exact) mass is 224 g/mol. The molecule has 1 aromatic heterocycles. The Kier molecular flexibility index (Phi) is 5.56. The second-order valence-electron chi connectivity index (χ2n) is 3.55. The van der Waals surface area contributed by atoms with Crippen LogP contribution in [0, 0.1) is 0 Å². The van der Waals surface area contributed by atoms with Crippen molar-refractivity contribution in [1.29, 1.82) is 0 Å². The smallest absolute Gasteiger partial charge is 0.293 e. The van der Waals surface area contributed by atoms with E-state index in [-0.39, 0.29) is 5.56 Å². The fourth-order valence-electron chi connectivity index (χ4n) is 1.43. The van der Waals surface area contributed by atoms with Crippen molar-refractivity contribution >= 4 is 5.82 Å². The van der Waals surface area contributed by atoms with Gasteiger partial charge in [0.2, 0.25) is 0 Å². The third-order valence-electron chi connectivity index (χ3n) is 2.22. The van der Waals surface area contributed by atoms with Gasteiger partial charge in [0.25, 0.3) is 5.56 Å². The molecule has 0 spiro atoms. The molecule has 0 radical (unpaired) electrons. The Morgan fingerprint density at radius 2 is 2.19 bits per heavy atom. The molecule has 0 fully saturated rings. The molecular formula is C11H20N4O. The summed E-state index contributed by atoms with van der Waals surface area (Å²) in [6.07, 6.45) is 4.33. The lowest BCUT2D eigenvalue weighted by Crippen LogP contribution is -2.28. The molecule has 0 aliphatic carbocycles. The molecule has 0 aliphatic heterocycles. The standard InChI is InChI=1S/C11H20N4O/c1-3-8-15-9-7-14-10(11(15)16)13-6-5-12-4-2/h7,9,12H,3-6,8H2,1-2H3,(H,13,14). The predicted molar refractivity (Wildman–Crippen MR) is 65.8 cm³/mol. The van der Waals surface area contributed by atoms with Crippen LogP contribution in [-0.2, 0) is 6.54 Å². The lowest BCUT2D eigenvalue weighted by Gasteiger charge is -2.08. The van der Waals surface area contributed by atoms with Gasteiger partial charge in [0, 0.05) is 32.0 Å². The molecule has 0 saturated carbocycles. The van der Waals surface area contributed by atoms with Gasteiger partial charge < -0.3 is 15.2 Å². The summed E-state index contributed by atoms with van der Waals surface area (Å²) in [6.45, 7) is 7.32. The van der Waals surface area contributed by atoms with E-state index in [0.717, 1.165) is 26.1 Å². The summed E-state index contributed by atoms with van der Waals surface area (Å²) in [5.41, 5.74) is -0.0409. The summed E-state index contributed by atoms with van der Waals surface area (Å²) in [7, 11) is 0. The molecule has 0 saturated heterocycles. The highest BCUT2D eigenvalue weighted by atomic mass is 16.1. The molecule has 0 atom stereocenters. The van der Waals surface area contributed by atoms with Crippen LogP contribution in [0.1, 0.15) is 20.3 Å². The second kappa shape index (κ2) is 7.00. The van der Waals surface area contributed by atoms with E-state index in [2.05, 4.69) is 22.5 Å². The number of rotatable bonds is 7. The SMILES string of the molecule is CCCn1ccnc(NCCNCC)c1=O. The molecular weight excluding hydrogens is 204 g/mol. The lowest BCUT2D eigenvalue weighted by molar-refractivity contribution is 0.648. The first kappa shape index (κ1) is 12.7. The maximum Gasteiger partial charge on any atom is 0.293 e. The number of aromatic nitrogens is 2. The zero-order valence-corrected chi connectivity index (χ0v) is 9.99. The highest BCUT2D eigenvalue weighted by Crippen LogP contribution is 1.93. The van der Waals surface area contributed by atoms with Crippen LogP contribution in [0.5, 0.6) is 0 Å². The maximum absolute atomic E-state index is 11.8. The molecule has 0 unspecified atom stereocenters. The number of hydrogen-bond acceptors (Lipinski definition) is 4. The van der Waals surface area contributed by atoms with E-state index < -0.39 is 0 Å². The molecule has 0 aromatic carbocycles. The fraction of sp³-hybridized carbons (Fsp3) is 0.636. The van der Waals surface area contributed by atoms with Gasteiger partial charge in [-0.25, -0.2) is 4.98 Å². The van der Waals surface area contributed by atoms with Crippen molar-refractivity contribution < 1.29 is 0 Å². The van der Waals surface area contributed by atoms with Gasteiger partial charge in [-0.05, 0) is 13.0 Å². The van der Waals surface area contributed by atoms with Crippen LogP contribution in [0.4, 0.5) is 5.82 Å². The summed E-state index contributed by atoms with van der Waals surface area (Å²) < 4.78 is 1.68. The molecule has 5 nitrogen and oxygen atoms in total. The van der Waals surface area contributed by atoms with E-state index in [1.165, 1.54) is 0 Å². The van der Waals surface area contributed by atoms with Crippen molar-refractivity contribution in [2.45, 2.75) is 26.8 Å². The van der Waals surface area contributed by atoms with Crippen molar-refractivity contribution in [1.82, 2.24) is 14.9 Å². The van der Waals surface area contributed by atoms with Crippen LogP contribution in [-0.4, -0.2) is 29.2 Å². The van der Waals surface area contributed by atoms with Crippen molar-refractivity contribution in [3.05, 3.63) is 22.7 Å². The van der Waals surface area contributed by atoms with Crippen molar-refractivity contribution in [2.24, 2.45) is 0 Å². The highest BCUT2D eigenvalue weighted by molar-refractivity contribution is 5.30. The van der Waals surface area contributed by atoms with E-state index in [1.807, 2.05) is 6.92 Å². The average Bonchev–Trinajstić information content (AvgIpc) is 2.29. The molecule has 0 bridgehead atoms. The third kappa shape index (κ3) is 3.66. The Labute approximate surface area is 95.9 Å². The number of aryl methyl sites for hydroxylation is 1. The Morgan fingerprint density at radius 3 is 2.88 bits per heavy atom. The van der Waals surface area contributed by atoms with Gasteiger partial charge in [0.15, 0.2) is 5.82 Å². The third-order valence-corrected chi connectivity index (χ3v) is 2.22. The van der Waals surface area contributed by atoms with E-state index in [1.54, 1.807) is 17.0 Å². The van der Waals surface area contributed by atoms with Gasteiger partial charge in [-0.15, -0.1) is 0 Å². The van der Waals surface area contributed by atoms with Gasteiger partial charge in [-0.3, -0.25) is 4.79 Å². The van der Waals surface area contributed by atoms with E-state index in [0.29, 0.717) is 12.4 Å². The molecule has 1 rings (SSSR count). The topological polar surface area (TPSA) is 59.0 Å². The summed E-state index contributed by atoms with van der Waals surface area (Å²) in [5.74, 6) is 0.439. The van der Waals surface area contributed by atoms with Crippen LogP contribution < -0.4 is 16.2 Å². The zero-order valence-electron chi connectivity index (χ0n) is 9.99. The van der Waals surface area contributed by atoms with Gasteiger partial charge in [-0.1, -0.05) is 13.8 Å². The maximum atomic E-state index is 11.8. The van der Waals surface area contributed by atoms with E-state index in [9.17, 15) is 4.79 Å². The first-order valence-corrected chi connectivity index (χ1v) is 5.79. The minimum atomic E-state index is -0.0409. The summed E-state index contributed by atoms with van der Waals surface area (Å²) >= 11 is 0. The van der Waals surface area contributed by atoms with Crippen LogP contribution in [0.2, 0.25) is 0 Å². The number of anilines is 1. The number of likely N-dealkylation sites (N-methyl/N-ethyl adjacent to an activating group) is 1. The van der Waals surface area contributed by atoms with Crippen LogP contribution in [0.3, 0.4) is 0 Å². The first-order valence-electron chi connectivity index (χ1n) is 5.79. The minimum Gasteiger partial charge on any atom is -0.364 e. The quantitative estimate of drug-likeness (QED) is 0.669. The average molecular weight is 224 g/mol. The first-order chi connectivity index (χ1) is 7.79. The normalized spacial score (nSPS) is 10.4. The van der Waals surface area contributed by atoms with Gasteiger partial charge in [-0.2, -0.15) is 0 Å². The number of nitrogens with zero attached hydrogens (tertiary/aromatic N) is 2. The van der Waals surface area contributed by atoms with Crippen molar-refractivity contribution in [3.63, 3.8) is 0 Å². The molecule has 90 valence electrons. The highest BCUT2D eigenvalue weighted by Gasteiger charge is 2.02. The Bertz CT molecular complexity index is 361. The van der Waals surface area contributed by atoms with Crippen molar-refractivity contribution in [3.8, 4) is 0 Å². The second-order valence-corrected chi connectivity index (χ2v) is 3.55. The predicted octanol–water partition coefficient (Wildman–Crippen LogP) is 0.675. The Balaban J connectivity index is 2.59. The van der Waals surface area contributed by atoms with Gasteiger partial charge in [0.05, 0.1) is 0 Å². The van der Waals surface area contributed by atoms with Gasteiger partial charge >= 0.3 is 0 Å². The summed E-state index contributed by atoms with van der Waals surface area (Å²) in [6, 6.07) is 0. The van der Waals surface area contributed by atoms with Crippen LogP contribution in [0.25, 0.3) is 0 Å². The van der Waals surface area contributed by atoms with Gasteiger partial charge in [0.1, 0.15) is 0 Å². The molecule has 1 aromatic rings. The van der Waals surface area contributed by atoms with Crippen LogP contribution >= 0.6 is 0 Å². The number of hydrogen-bond donors (Lipinski definition) is 2. The molecule has 0 amide bonds. The van der Waals surface area contributed by atoms with Crippen LogP contribution in [0.15, 0.2) is 17.2 Å². The molecule has 0 aliphatic rings. The molecule has 16 heavy (non-hydrogen) atoms. The van der Waals surface area contributed by atoms with E-state index in [4.69, 9.17) is 0 Å². The van der Waals surface area contributed by atoms with Crippen molar-refractivity contribution in [2.75, 3.05) is 25.0 Å². The number of nitrogens with one attached hydrogen (secondary N) is 2. The summed E-state index contributed by atoms with van der Waals surface area (Å²) in [4.78, 5) is 15.9. The molecule has 2 N–H and O–H groups in total. The van der Waals surface area contributed by atoms with E-state index >= 15 is 0 Å².